The fourth-order valence-corrected chi connectivity index (χ4v) is 6.95. The van der Waals surface area contributed by atoms with Gasteiger partial charge in [0.2, 0.25) is 29.5 Å². The molecule has 2 aliphatic rings. The van der Waals surface area contributed by atoms with Gasteiger partial charge < -0.3 is 34.0 Å². The minimum Gasteiger partial charge on any atom is -0.436 e. The molecular formula is C39H41N7O5. The third-order valence-corrected chi connectivity index (χ3v) is 9.86. The Bertz CT molecular complexity index is 1900. The molecule has 4 amide bonds. The maximum Gasteiger partial charge on any atom is 0.247 e. The van der Waals surface area contributed by atoms with Crippen LogP contribution in [0.15, 0.2) is 95.8 Å². The van der Waals surface area contributed by atoms with Crippen molar-refractivity contribution < 1.29 is 23.6 Å². The Hall–Kier alpha value is -5.91. The van der Waals surface area contributed by atoms with E-state index < -0.39 is 12.1 Å². The molecule has 51 heavy (non-hydrogen) atoms. The lowest BCUT2D eigenvalue weighted by molar-refractivity contribution is -0.136. The fourth-order valence-electron chi connectivity index (χ4n) is 6.95. The molecule has 5 aromatic rings. The first-order valence-electron chi connectivity index (χ1n) is 17.3. The Morgan fingerprint density at radius 1 is 0.686 bits per heavy atom. The SMILES string of the molecule is Cn1cccc1CC(=O)N1CCC[C@H]1C(=O)Nc1ccc(-c2cnc(-c3ccc(NC(=O)[C@@H]4CCCN4C(=O)Cc4cccn4C)cc3)o2)cc1. The Kier molecular flexibility index (Phi) is 9.56. The van der Waals surface area contributed by atoms with Crippen LogP contribution in [0.25, 0.3) is 22.8 Å². The average molecular weight is 688 g/mol. The lowest BCUT2D eigenvalue weighted by Crippen LogP contribution is -2.44. The van der Waals surface area contributed by atoms with Gasteiger partial charge in [-0.15, -0.1) is 0 Å². The van der Waals surface area contributed by atoms with Gasteiger partial charge in [0.15, 0.2) is 5.76 Å². The molecule has 2 aromatic carbocycles. The molecule has 2 N–H and O–H groups in total. The number of hydrogen-bond donors (Lipinski definition) is 2. The lowest BCUT2D eigenvalue weighted by Gasteiger charge is -2.24. The summed E-state index contributed by atoms with van der Waals surface area (Å²) in [5, 5.41) is 5.93. The van der Waals surface area contributed by atoms with E-state index in [1.54, 1.807) is 40.3 Å². The average Bonchev–Trinajstić information content (AvgIpc) is 3.98. The van der Waals surface area contributed by atoms with Gasteiger partial charge in [0, 0.05) is 73.5 Å². The first-order chi connectivity index (χ1) is 24.7. The summed E-state index contributed by atoms with van der Waals surface area (Å²) >= 11 is 0. The Labute approximate surface area is 296 Å². The van der Waals surface area contributed by atoms with Gasteiger partial charge in [0.05, 0.1) is 19.0 Å². The molecule has 2 aliphatic heterocycles. The zero-order valence-electron chi connectivity index (χ0n) is 28.7. The molecule has 3 aromatic heterocycles. The van der Waals surface area contributed by atoms with Gasteiger partial charge in [-0.2, -0.15) is 0 Å². The standard InChI is InChI=1S/C39H41N7O5/c1-43-19-3-7-30(43)23-35(47)45-21-5-9-32(45)37(49)41-28-15-11-26(12-16-28)34-25-40-39(51-34)27-13-17-29(18-14-27)42-38(50)33-10-6-22-46(33)36(48)24-31-8-4-20-44(31)2/h3-4,7-8,11-20,25,32-33H,5-6,9-10,21-24H2,1-2H3,(H,41,49)(H,42,50)/t32-,33-/m0/s1. The Morgan fingerprint density at radius 3 is 1.61 bits per heavy atom. The van der Waals surface area contributed by atoms with Crippen molar-refractivity contribution in [3.05, 3.63) is 103 Å². The minimum atomic E-state index is -0.502. The highest BCUT2D eigenvalue weighted by Gasteiger charge is 2.35. The number of carbonyl (C=O) groups excluding carboxylic acids is 4. The van der Waals surface area contributed by atoms with Crippen LogP contribution >= 0.6 is 0 Å². The van der Waals surface area contributed by atoms with Crippen LogP contribution in [0.1, 0.15) is 37.1 Å². The quantitative estimate of drug-likeness (QED) is 0.212. The number of aryl methyl sites for hydroxylation is 2. The molecule has 7 rings (SSSR count). The number of aromatic nitrogens is 3. The van der Waals surface area contributed by atoms with Crippen LogP contribution in [0.4, 0.5) is 11.4 Å². The van der Waals surface area contributed by atoms with Crippen molar-refractivity contribution in [2.45, 2.75) is 50.6 Å². The second kappa shape index (κ2) is 14.5. The number of benzene rings is 2. The smallest absolute Gasteiger partial charge is 0.247 e. The summed E-state index contributed by atoms with van der Waals surface area (Å²) in [4.78, 5) is 60.2. The Morgan fingerprint density at radius 2 is 1.16 bits per heavy atom. The molecule has 262 valence electrons. The summed E-state index contributed by atoms with van der Waals surface area (Å²) in [5.41, 5.74) is 4.61. The third kappa shape index (κ3) is 7.35. The zero-order chi connectivity index (χ0) is 35.5. The van der Waals surface area contributed by atoms with Crippen molar-refractivity contribution in [1.82, 2.24) is 23.9 Å². The molecule has 0 aliphatic carbocycles. The molecule has 0 saturated carbocycles. The summed E-state index contributed by atoms with van der Waals surface area (Å²) in [6.07, 6.45) is 8.83. The largest absolute Gasteiger partial charge is 0.436 e. The molecule has 0 unspecified atom stereocenters. The lowest BCUT2D eigenvalue weighted by atomic mass is 10.1. The number of rotatable bonds is 10. The van der Waals surface area contributed by atoms with Crippen molar-refractivity contribution >= 4 is 35.0 Å². The Balaban J connectivity index is 0.930. The number of nitrogens with zero attached hydrogens (tertiary/aromatic N) is 5. The van der Waals surface area contributed by atoms with E-state index in [1.165, 1.54) is 0 Å². The second-order valence-electron chi connectivity index (χ2n) is 13.2. The normalized spacial score (nSPS) is 17.1. The van der Waals surface area contributed by atoms with Gasteiger partial charge in [-0.25, -0.2) is 4.98 Å². The zero-order valence-corrected chi connectivity index (χ0v) is 28.7. The fraction of sp³-hybridized carbons (Fsp3) is 0.308. The number of amides is 4. The summed E-state index contributed by atoms with van der Waals surface area (Å²) in [6.45, 7) is 1.14. The number of anilines is 2. The van der Waals surface area contributed by atoms with Crippen LogP contribution in [-0.4, -0.2) is 72.7 Å². The molecule has 0 spiro atoms. The number of oxazole rings is 1. The molecule has 5 heterocycles. The summed E-state index contributed by atoms with van der Waals surface area (Å²) in [7, 11) is 3.81. The molecule has 2 atom stereocenters. The van der Waals surface area contributed by atoms with Gasteiger partial charge in [0.25, 0.3) is 0 Å². The number of nitrogens with one attached hydrogen (secondary N) is 2. The van der Waals surface area contributed by atoms with Crippen LogP contribution in [0, 0.1) is 0 Å². The van der Waals surface area contributed by atoms with Crippen LogP contribution in [0.2, 0.25) is 0 Å². The highest BCUT2D eigenvalue weighted by atomic mass is 16.4. The van der Waals surface area contributed by atoms with Gasteiger partial charge >= 0.3 is 0 Å². The van der Waals surface area contributed by atoms with E-state index in [9.17, 15) is 19.2 Å². The topological polar surface area (TPSA) is 135 Å². The van der Waals surface area contributed by atoms with Crippen molar-refractivity contribution in [2.75, 3.05) is 23.7 Å². The molecule has 12 nitrogen and oxygen atoms in total. The van der Waals surface area contributed by atoms with Crippen molar-refractivity contribution in [3.8, 4) is 22.8 Å². The second-order valence-corrected chi connectivity index (χ2v) is 13.2. The highest BCUT2D eigenvalue weighted by molar-refractivity contribution is 5.98. The van der Waals surface area contributed by atoms with E-state index in [1.807, 2.05) is 84.2 Å². The number of likely N-dealkylation sites (tertiary alicyclic amines) is 2. The van der Waals surface area contributed by atoms with Gasteiger partial charge in [0.1, 0.15) is 12.1 Å². The van der Waals surface area contributed by atoms with Gasteiger partial charge in [-0.3, -0.25) is 19.2 Å². The summed E-state index contributed by atoms with van der Waals surface area (Å²) < 4.78 is 9.91. The van der Waals surface area contributed by atoms with Gasteiger partial charge in [-0.05, 0) is 98.5 Å². The molecular weight excluding hydrogens is 646 g/mol. The maximum atomic E-state index is 13.2. The van der Waals surface area contributed by atoms with E-state index in [0.717, 1.165) is 35.4 Å². The number of hydrogen-bond acceptors (Lipinski definition) is 6. The number of carbonyl (C=O) groups is 4. The maximum absolute atomic E-state index is 13.2. The van der Waals surface area contributed by atoms with Crippen molar-refractivity contribution in [1.29, 1.82) is 0 Å². The molecule has 2 saturated heterocycles. The van der Waals surface area contributed by atoms with Crippen molar-refractivity contribution in [3.63, 3.8) is 0 Å². The molecule has 2 fully saturated rings. The van der Waals surface area contributed by atoms with E-state index in [0.29, 0.717) is 49.0 Å². The molecule has 0 bridgehead atoms. The third-order valence-electron chi connectivity index (χ3n) is 9.86. The predicted octanol–water partition coefficient (Wildman–Crippen LogP) is 5.03. The first kappa shape index (κ1) is 33.6. The summed E-state index contributed by atoms with van der Waals surface area (Å²) in [5.74, 6) is 0.500. The van der Waals surface area contributed by atoms with Crippen LogP contribution in [-0.2, 0) is 46.1 Å². The van der Waals surface area contributed by atoms with E-state index in [4.69, 9.17) is 4.42 Å². The molecule has 0 radical (unpaired) electrons. The van der Waals surface area contributed by atoms with Crippen LogP contribution in [0.3, 0.4) is 0 Å². The van der Waals surface area contributed by atoms with E-state index in [2.05, 4.69) is 15.6 Å². The molecule has 12 heteroatoms. The predicted molar refractivity (Wildman–Crippen MR) is 192 cm³/mol. The van der Waals surface area contributed by atoms with E-state index >= 15 is 0 Å². The first-order valence-corrected chi connectivity index (χ1v) is 17.3. The van der Waals surface area contributed by atoms with Gasteiger partial charge in [-0.1, -0.05) is 0 Å². The van der Waals surface area contributed by atoms with Crippen LogP contribution in [0.5, 0.6) is 0 Å². The van der Waals surface area contributed by atoms with Crippen LogP contribution < -0.4 is 10.6 Å². The summed E-state index contributed by atoms with van der Waals surface area (Å²) in [6, 6.07) is 21.2. The van der Waals surface area contributed by atoms with E-state index in [-0.39, 0.29) is 36.5 Å². The highest BCUT2D eigenvalue weighted by Crippen LogP contribution is 2.29. The minimum absolute atomic E-state index is 0.0477. The van der Waals surface area contributed by atoms with Crippen molar-refractivity contribution in [2.24, 2.45) is 14.1 Å². The monoisotopic (exact) mass is 687 g/mol.